The van der Waals surface area contributed by atoms with Gasteiger partial charge in [0, 0.05) is 12.1 Å². The minimum Gasteiger partial charge on any atom is -0.411 e. The molecular weight excluding hydrogens is 334 g/mol. The van der Waals surface area contributed by atoms with Crippen LogP contribution in [0.4, 0.5) is 0 Å². The Kier molecular flexibility index (Phi) is 5.85. The normalized spacial score (nSPS) is 11.9. The largest absolute Gasteiger partial charge is 0.411 e. The topological polar surface area (TPSA) is 68.0 Å². The first-order chi connectivity index (χ1) is 12.2. The van der Waals surface area contributed by atoms with Crippen LogP contribution in [-0.4, -0.2) is 27.9 Å². The first-order valence-corrected chi connectivity index (χ1v) is 8.97. The highest BCUT2D eigenvalue weighted by Crippen LogP contribution is 2.25. The standard InChI is InChI=1S/C19H19N3O2S/c1-14(17(23)20-13-12-15-8-4-2-5-9-15)25-19-22-21-18(24-19)16-10-6-3-7-11-16/h2-11,14H,12-13H2,1H3,(H,20,23)/t14-/m1/s1. The molecule has 2 aromatic carbocycles. The van der Waals surface area contributed by atoms with Gasteiger partial charge in [-0.2, -0.15) is 0 Å². The van der Waals surface area contributed by atoms with Gasteiger partial charge < -0.3 is 9.73 Å². The Morgan fingerprint density at radius 1 is 1.08 bits per heavy atom. The molecule has 1 aromatic heterocycles. The highest BCUT2D eigenvalue weighted by Gasteiger charge is 2.18. The van der Waals surface area contributed by atoms with Crippen molar-refractivity contribution in [2.75, 3.05) is 6.54 Å². The van der Waals surface area contributed by atoms with Crippen LogP contribution in [0.5, 0.6) is 0 Å². The van der Waals surface area contributed by atoms with E-state index in [9.17, 15) is 4.79 Å². The molecule has 0 aliphatic heterocycles. The van der Waals surface area contributed by atoms with E-state index in [1.807, 2.05) is 67.6 Å². The molecule has 0 aliphatic carbocycles. The van der Waals surface area contributed by atoms with Crippen molar-refractivity contribution in [1.82, 2.24) is 15.5 Å². The Morgan fingerprint density at radius 2 is 1.76 bits per heavy atom. The Bertz CT molecular complexity index is 806. The van der Waals surface area contributed by atoms with Gasteiger partial charge >= 0.3 is 0 Å². The molecule has 6 heteroatoms. The van der Waals surface area contributed by atoms with Gasteiger partial charge in [0.1, 0.15) is 0 Å². The number of carbonyl (C=O) groups is 1. The number of benzene rings is 2. The fourth-order valence-corrected chi connectivity index (χ4v) is 2.99. The van der Waals surface area contributed by atoms with E-state index < -0.39 is 0 Å². The van der Waals surface area contributed by atoms with E-state index in [1.165, 1.54) is 17.3 Å². The van der Waals surface area contributed by atoms with Gasteiger partial charge in [0.25, 0.3) is 5.22 Å². The third kappa shape index (κ3) is 4.93. The molecule has 0 fully saturated rings. The van der Waals surface area contributed by atoms with E-state index in [-0.39, 0.29) is 11.2 Å². The fraction of sp³-hybridized carbons (Fsp3) is 0.211. The number of nitrogens with zero attached hydrogens (tertiary/aromatic N) is 2. The number of amides is 1. The van der Waals surface area contributed by atoms with Crippen molar-refractivity contribution < 1.29 is 9.21 Å². The summed E-state index contributed by atoms with van der Waals surface area (Å²) in [4.78, 5) is 12.2. The van der Waals surface area contributed by atoms with Crippen LogP contribution in [0.3, 0.4) is 0 Å². The lowest BCUT2D eigenvalue weighted by molar-refractivity contribution is -0.120. The van der Waals surface area contributed by atoms with Gasteiger partial charge in [-0.15, -0.1) is 10.2 Å². The second-order valence-electron chi connectivity index (χ2n) is 5.53. The van der Waals surface area contributed by atoms with Gasteiger partial charge in [0.2, 0.25) is 11.8 Å². The first-order valence-electron chi connectivity index (χ1n) is 8.09. The van der Waals surface area contributed by atoms with Crippen molar-refractivity contribution in [3.63, 3.8) is 0 Å². The van der Waals surface area contributed by atoms with Crippen LogP contribution in [0.25, 0.3) is 11.5 Å². The van der Waals surface area contributed by atoms with Gasteiger partial charge in [-0.1, -0.05) is 60.3 Å². The van der Waals surface area contributed by atoms with Crippen molar-refractivity contribution in [3.8, 4) is 11.5 Å². The second kappa shape index (κ2) is 8.48. The maximum Gasteiger partial charge on any atom is 0.277 e. The molecule has 1 amide bonds. The zero-order chi connectivity index (χ0) is 17.5. The van der Waals surface area contributed by atoms with Crippen molar-refractivity contribution in [1.29, 1.82) is 0 Å². The molecule has 3 rings (SSSR count). The number of thioether (sulfide) groups is 1. The van der Waals surface area contributed by atoms with E-state index in [2.05, 4.69) is 15.5 Å². The molecule has 0 bridgehead atoms. The quantitative estimate of drug-likeness (QED) is 0.658. The molecule has 25 heavy (non-hydrogen) atoms. The van der Waals surface area contributed by atoms with E-state index in [0.29, 0.717) is 17.7 Å². The molecule has 5 nitrogen and oxygen atoms in total. The van der Waals surface area contributed by atoms with E-state index in [1.54, 1.807) is 0 Å². The number of aromatic nitrogens is 2. The average molecular weight is 353 g/mol. The van der Waals surface area contributed by atoms with Crippen LogP contribution in [0, 0.1) is 0 Å². The van der Waals surface area contributed by atoms with Gasteiger partial charge in [-0.05, 0) is 31.0 Å². The van der Waals surface area contributed by atoms with Crippen molar-refractivity contribution >= 4 is 17.7 Å². The van der Waals surface area contributed by atoms with Crippen LogP contribution in [0.15, 0.2) is 70.3 Å². The van der Waals surface area contributed by atoms with Crippen LogP contribution in [0.2, 0.25) is 0 Å². The van der Waals surface area contributed by atoms with Crippen LogP contribution >= 0.6 is 11.8 Å². The smallest absolute Gasteiger partial charge is 0.277 e. The van der Waals surface area contributed by atoms with Crippen LogP contribution in [-0.2, 0) is 11.2 Å². The Labute approximate surface area is 150 Å². The summed E-state index contributed by atoms with van der Waals surface area (Å²) in [6.45, 7) is 2.43. The molecule has 0 spiro atoms. The summed E-state index contributed by atoms with van der Waals surface area (Å²) in [6.07, 6.45) is 0.808. The van der Waals surface area contributed by atoms with E-state index >= 15 is 0 Å². The minimum absolute atomic E-state index is 0.0413. The molecule has 0 saturated heterocycles. The number of hydrogen-bond acceptors (Lipinski definition) is 5. The molecule has 0 saturated carbocycles. The third-order valence-corrected chi connectivity index (χ3v) is 4.56. The van der Waals surface area contributed by atoms with Crippen molar-refractivity contribution in [3.05, 3.63) is 66.2 Å². The zero-order valence-corrected chi connectivity index (χ0v) is 14.7. The molecule has 0 unspecified atom stereocenters. The maximum atomic E-state index is 12.2. The van der Waals surface area contributed by atoms with Crippen LogP contribution in [0.1, 0.15) is 12.5 Å². The number of rotatable bonds is 7. The monoisotopic (exact) mass is 353 g/mol. The molecule has 0 aliphatic rings. The SMILES string of the molecule is C[C@@H](Sc1nnc(-c2ccccc2)o1)C(=O)NCCc1ccccc1. The molecule has 1 heterocycles. The first kappa shape index (κ1) is 17.2. The van der Waals surface area contributed by atoms with Gasteiger partial charge in [0.05, 0.1) is 5.25 Å². The Hall–Kier alpha value is -2.60. The zero-order valence-electron chi connectivity index (χ0n) is 13.9. The summed E-state index contributed by atoms with van der Waals surface area (Å²) in [5.41, 5.74) is 2.06. The number of carbonyl (C=O) groups excluding carboxylic acids is 1. The van der Waals surface area contributed by atoms with Crippen molar-refractivity contribution in [2.24, 2.45) is 0 Å². The highest BCUT2D eigenvalue weighted by atomic mass is 32.2. The summed E-state index contributed by atoms with van der Waals surface area (Å²) < 4.78 is 5.63. The lowest BCUT2D eigenvalue weighted by Crippen LogP contribution is -2.32. The summed E-state index contributed by atoms with van der Waals surface area (Å²) in [5.74, 6) is 0.417. The second-order valence-corrected chi connectivity index (χ2v) is 6.82. The highest BCUT2D eigenvalue weighted by molar-refractivity contribution is 8.00. The summed E-state index contributed by atoms with van der Waals surface area (Å²) >= 11 is 1.26. The Balaban J connectivity index is 1.49. The summed E-state index contributed by atoms with van der Waals surface area (Å²) in [6, 6.07) is 19.6. The molecule has 1 N–H and O–H groups in total. The fourth-order valence-electron chi connectivity index (χ4n) is 2.28. The maximum absolute atomic E-state index is 12.2. The molecule has 3 aromatic rings. The van der Waals surface area contributed by atoms with Gasteiger partial charge in [0.15, 0.2) is 0 Å². The third-order valence-electron chi connectivity index (χ3n) is 3.63. The molecule has 1 atom stereocenters. The lowest BCUT2D eigenvalue weighted by Gasteiger charge is -2.09. The summed E-state index contributed by atoms with van der Waals surface area (Å²) in [7, 11) is 0. The molecular formula is C19H19N3O2S. The molecule has 128 valence electrons. The van der Waals surface area contributed by atoms with E-state index in [4.69, 9.17) is 4.42 Å². The van der Waals surface area contributed by atoms with Gasteiger partial charge in [-0.25, -0.2) is 0 Å². The minimum atomic E-state index is -0.306. The summed E-state index contributed by atoms with van der Waals surface area (Å²) in [5, 5.41) is 11.1. The number of hydrogen-bond donors (Lipinski definition) is 1. The molecule has 0 radical (unpaired) electrons. The number of nitrogens with one attached hydrogen (secondary N) is 1. The van der Waals surface area contributed by atoms with Gasteiger partial charge in [-0.3, -0.25) is 4.79 Å². The lowest BCUT2D eigenvalue weighted by atomic mass is 10.1. The van der Waals surface area contributed by atoms with Crippen LogP contribution < -0.4 is 5.32 Å². The Morgan fingerprint density at radius 3 is 2.48 bits per heavy atom. The predicted octanol–water partition coefficient (Wildman–Crippen LogP) is 3.58. The van der Waals surface area contributed by atoms with Crippen molar-refractivity contribution in [2.45, 2.75) is 23.8 Å². The average Bonchev–Trinajstić information content (AvgIpc) is 3.12. The predicted molar refractivity (Wildman–Crippen MR) is 98.2 cm³/mol. The van der Waals surface area contributed by atoms with E-state index in [0.717, 1.165) is 12.0 Å².